The van der Waals surface area contributed by atoms with E-state index in [1.165, 1.54) is 24.9 Å². The Kier molecular flexibility index (Phi) is 3.62. The lowest BCUT2D eigenvalue weighted by Gasteiger charge is -2.19. The Labute approximate surface area is 136 Å². The van der Waals surface area contributed by atoms with E-state index in [9.17, 15) is 0 Å². The zero-order valence-electron chi connectivity index (χ0n) is 13.7. The third-order valence-electron chi connectivity index (χ3n) is 4.87. The predicted octanol–water partition coefficient (Wildman–Crippen LogP) is 3.37. The number of imidazole rings is 1. The van der Waals surface area contributed by atoms with E-state index in [-0.39, 0.29) is 0 Å². The Balaban J connectivity index is 1.82. The average molecular weight is 306 g/mol. The number of hydrogen-bond donors (Lipinski definition) is 0. The van der Waals surface area contributed by atoms with Gasteiger partial charge < -0.3 is 4.90 Å². The first kappa shape index (κ1) is 14.4. The monoisotopic (exact) mass is 306 g/mol. The number of nitrogens with zero attached hydrogens (tertiary/aromatic N) is 4. The Morgan fingerprint density at radius 3 is 2.74 bits per heavy atom. The first-order valence-corrected chi connectivity index (χ1v) is 8.32. The van der Waals surface area contributed by atoms with E-state index in [1.807, 2.05) is 12.3 Å². The highest BCUT2D eigenvalue weighted by Crippen LogP contribution is 2.24. The third-order valence-corrected chi connectivity index (χ3v) is 4.87. The second-order valence-electron chi connectivity index (χ2n) is 6.53. The molecule has 4 rings (SSSR count). The summed E-state index contributed by atoms with van der Waals surface area (Å²) in [4.78, 5) is 11.9. The van der Waals surface area contributed by atoms with Crippen LogP contribution in [0.1, 0.15) is 24.2 Å². The number of likely N-dealkylation sites (tertiary alicyclic amines) is 1. The summed E-state index contributed by atoms with van der Waals surface area (Å²) in [5.41, 5.74) is 4.34. The summed E-state index contributed by atoms with van der Waals surface area (Å²) in [6.45, 7) is 3.30. The molecule has 1 atom stereocenters. The zero-order chi connectivity index (χ0) is 15.8. The van der Waals surface area contributed by atoms with E-state index in [1.54, 1.807) is 0 Å². The van der Waals surface area contributed by atoms with Gasteiger partial charge in [-0.25, -0.2) is 9.97 Å². The zero-order valence-corrected chi connectivity index (χ0v) is 13.7. The Morgan fingerprint density at radius 2 is 2.00 bits per heavy atom. The summed E-state index contributed by atoms with van der Waals surface area (Å²) in [5.74, 6) is 1.11. The molecule has 0 bridgehead atoms. The van der Waals surface area contributed by atoms with Gasteiger partial charge in [-0.15, -0.1) is 0 Å². The van der Waals surface area contributed by atoms with Crippen LogP contribution in [0, 0.1) is 6.92 Å². The fraction of sp³-hybridized carbons (Fsp3) is 0.368. The van der Waals surface area contributed by atoms with Gasteiger partial charge in [-0.1, -0.05) is 17.7 Å². The Morgan fingerprint density at radius 1 is 1.17 bits per heavy atom. The molecule has 0 radical (unpaired) electrons. The highest BCUT2D eigenvalue weighted by atomic mass is 15.2. The molecule has 0 saturated carbocycles. The van der Waals surface area contributed by atoms with Crippen LogP contribution >= 0.6 is 0 Å². The van der Waals surface area contributed by atoms with Crippen molar-refractivity contribution in [2.24, 2.45) is 0 Å². The number of aromatic nitrogens is 3. The summed E-state index contributed by atoms with van der Waals surface area (Å²) < 4.78 is 2.22. The molecule has 1 fully saturated rings. The number of aryl methyl sites for hydroxylation is 1. The lowest BCUT2D eigenvalue weighted by atomic mass is 10.1. The highest BCUT2D eigenvalue weighted by Gasteiger charge is 2.24. The maximum atomic E-state index is 4.88. The van der Waals surface area contributed by atoms with Gasteiger partial charge in [-0.05, 0) is 57.6 Å². The van der Waals surface area contributed by atoms with E-state index < -0.39 is 0 Å². The van der Waals surface area contributed by atoms with Crippen LogP contribution in [0.4, 0.5) is 0 Å². The van der Waals surface area contributed by atoms with Gasteiger partial charge in [-0.2, -0.15) is 0 Å². The fourth-order valence-corrected chi connectivity index (χ4v) is 3.51. The molecule has 3 heterocycles. The summed E-state index contributed by atoms with van der Waals surface area (Å²) in [5, 5.41) is 0. The van der Waals surface area contributed by atoms with E-state index in [0.29, 0.717) is 6.04 Å². The molecular weight excluding hydrogens is 284 g/mol. The second kappa shape index (κ2) is 5.78. The molecule has 1 saturated heterocycles. The SMILES string of the molecule is Cc1ccc(-n2c(CC3CCCN3C)nc3cccnc32)cc1. The van der Waals surface area contributed by atoms with Crippen LogP contribution in [-0.2, 0) is 6.42 Å². The van der Waals surface area contributed by atoms with Gasteiger partial charge in [-0.3, -0.25) is 4.57 Å². The van der Waals surface area contributed by atoms with Crippen molar-refractivity contribution in [3.63, 3.8) is 0 Å². The van der Waals surface area contributed by atoms with Gasteiger partial charge in [0.15, 0.2) is 5.65 Å². The lowest BCUT2D eigenvalue weighted by molar-refractivity contribution is 0.305. The van der Waals surface area contributed by atoms with Crippen molar-refractivity contribution in [1.82, 2.24) is 19.4 Å². The van der Waals surface area contributed by atoms with E-state index in [4.69, 9.17) is 4.98 Å². The van der Waals surface area contributed by atoms with Crippen molar-refractivity contribution >= 4 is 11.2 Å². The molecule has 0 spiro atoms. The quantitative estimate of drug-likeness (QED) is 0.744. The Hall–Kier alpha value is -2.20. The molecule has 0 amide bonds. The smallest absolute Gasteiger partial charge is 0.164 e. The standard InChI is InChI=1S/C19H22N4/c1-14-7-9-15(10-8-14)23-18(13-16-5-4-12-22(16)2)21-17-6-3-11-20-19(17)23/h3,6-11,16H,4-5,12-13H2,1-2H3. The predicted molar refractivity (Wildman–Crippen MR) is 93.0 cm³/mol. The summed E-state index contributed by atoms with van der Waals surface area (Å²) in [7, 11) is 2.22. The van der Waals surface area contributed by atoms with Crippen molar-refractivity contribution in [2.75, 3.05) is 13.6 Å². The highest BCUT2D eigenvalue weighted by molar-refractivity contribution is 5.73. The van der Waals surface area contributed by atoms with Gasteiger partial charge in [0, 0.05) is 24.3 Å². The van der Waals surface area contributed by atoms with Crippen LogP contribution in [0.2, 0.25) is 0 Å². The number of likely N-dealkylation sites (N-methyl/N-ethyl adjacent to an activating group) is 1. The summed E-state index contributed by atoms with van der Waals surface area (Å²) in [6.07, 6.45) is 5.35. The minimum Gasteiger partial charge on any atom is -0.303 e. The Bertz CT molecular complexity index is 819. The summed E-state index contributed by atoms with van der Waals surface area (Å²) >= 11 is 0. The number of rotatable bonds is 3. The van der Waals surface area contributed by atoms with Crippen molar-refractivity contribution in [2.45, 2.75) is 32.2 Å². The van der Waals surface area contributed by atoms with E-state index >= 15 is 0 Å². The first-order chi connectivity index (χ1) is 11.2. The molecule has 4 nitrogen and oxygen atoms in total. The fourth-order valence-electron chi connectivity index (χ4n) is 3.51. The topological polar surface area (TPSA) is 34.0 Å². The van der Waals surface area contributed by atoms with Gasteiger partial charge in [0.1, 0.15) is 11.3 Å². The van der Waals surface area contributed by atoms with Gasteiger partial charge in [0.2, 0.25) is 0 Å². The van der Waals surface area contributed by atoms with Crippen LogP contribution in [0.15, 0.2) is 42.6 Å². The molecule has 1 unspecified atom stereocenters. The van der Waals surface area contributed by atoms with Crippen LogP contribution in [0.5, 0.6) is 0 Å². The molecule has 3 aromatic rings. The van der Waals surface area contributed by atoms with Crippen molar-refractivity contribution in [3.05, 3.63) is 54.0 Å². The third kappa shape index (κ3) is 2.63. The van der Waals surface area contributed by atoms with Gasteiger partial charge in [0.25, 0.3) is 0 Å². The molecule has 1 aliphatic heterocycles. The van der Waals surface area contributed by atoms with Crippen molar-refractivity contribution < 1.29 is 0 Å². The molecule has 0 aliphatic carbocycles. The molecular formula is C19H22N4. The van der Waals surface area contributed by atoms with Crippen LogP contribution in [-0.4, -0.2) is 39.1 Å². The summed E-state index contributed by atoms with van der Waals surface area (Å²) in [6, 6.07) is 13.2. The van der Waals surface area contributed by atoms with Gasteiger partial charge in [0.05, 0.1) is 0 Å². The van der Waals surface area contributed by atoms with Crippen molar-refractivity contribution in [1.29, 1.82) is 0 Å². The van der Waals surface area contributed by atoms with Crippen LogP contribution < -0.4 is 0 Å². The molecule has 2 aromatic heterocycles. The minimum absolute atomic E-state index is 0.580. The second-order valence-corrected chi connectivity index (χ2v) is 6.53. The number of fused-ring (bicyclic) bond motifs is 1. The minimum atomic E-state index is 0.580. The van der Waals surface area contributed by atoms with E-state index in [0.717, 1.165) is 29.1 Å². The maximum Gasteiger partial charge on any atom is 0.164 e. The molecule has 23 heavy (non-hydrogen) atoms. The lowest BCUT2D eigenvalue weighted by Crippen LogP contribution is -2.28. The largest absolute Gasteiger partial charge is 0.303 e. The number of benzene rings is 1. The average Bonchev–Trinajstić information content (AvgIpc) is 3.12. The van der Waals surface area contributed by atoms with Crippen molar-refractivity contribution in [3.8, 4) is 5.69 Å². The van der Waals surface area contributed by atoms with Gasteiger partial charge >= 0.3 is 0 Å². The number of hydrogen-bond acceptors (Lipinski definition) is 3. The molecule has 118 valence electrons. The van der Waals surface area contributed by atoms with E-state index in [2.05, 4.69) is 58.8 Å². The first-order valence-electron chi connectivity index (χ1n) is 8.32. The van der Waals surface area contributed by atoms with Crippen LogP contribution in [0.3, 0.4) is 0 Å². The normalized spacial score (nSPS) is 18.8. The number of pyridine rings is 1. The maximum absolute atomic E-state index is 4.88. The molecule has 1 aromatic carbocycles. The molecule has 4 heteroatoms. The molecule has 1 aliphatic rings. The molecule has 0 N–H and O–H groups in total. The van der Waals surface area contributed by atoms with Crippen LogP contribution in [0.25, 0.3) is 16.9 Å².